The fraction of sp³-hybridized carbons (Fsp3) is 0.500. The van der Waals surface area contributed by atoms with Crippen molar-refractivity contribution < 1.29 is 14.7 Å². The Morgan fingerprint density at radius 3 is 2.69 bits per heavy atom. The first kappa shape index (κ1) is 12.6. The molecule has 1 rings (SSSR count). The Bertz CT molecular complexity index is 403. The first-order valence-corrected chi connectivity index (χ1v) is 5.70. The fourth-order valence-electron chi connectivity index (χ4n) is 1.27. The lowest BCUT2D eigenvalue weighted by molar-refractivity contribution is -0.137. The normalized spacial score (nSPS) is 12.2. The fourth-order valence-corrected chi connectivity index (χ4v) is 1.84. The summed E-state index contributed by atoms with van der Waals surface area (Å²) in [5.74, 6) is -1.14. The molecule has 0 aromatic carbocycles. The van der Waals surface area contributed by atoms with Crippen LogP contribution < -0.4 is 0 Å². The van der Waals surface area contributed by atoms with Crippen molar-refractivity contribution in [3.05, 3.63) is 16.1 Å². The summed E-state index contributed by atoms with van der Waals surface area (Å²) in [5.41, 5.74) is 2.02. The van der Waals surface area contributed by atoms with E-state index >= 15 is 0 Å². The molecular weight excluding hydrogens is 228 g/mol. The van der Waals surface area contributed by atoms with E-state index in [0.29, 0.717) is 5.69 Å². The van der Waals surface area contributed by atoms with Gasteiger partial charge < -0.3 is 10.0 Å². The number of nitrogens with zero attached hydrogens (tertiary/aromatic N) is 2. The molecule has 0 saturated carbocycles. The van der Waals surface area contributed by atoms with Gasteiger partial charge in [-0.1, -0.05) is 0 Å². The minimum absolute atomic E-state index is 0.0641. The van der Waals surface area contributed by atoms with Crippen LogP contribution in [0.3, 0.4) is 0 Å². The molecule has 0 fully saturated rings. The molecule has 0 bridgehead atoms. The van der Waals surface area contributed by atoms with E-state index < -0.39 is 5.97 Å². The Morgan fingerprint density at radius 1 is 1.62 bits per heavy atom. The number of carboxylic acids is 1. The molecule has 5 nitrogen and oxygen atoms in total. The predicted octanol–water partition coefficient (Wildman–Crippen LogP) is 1.39. The third kappa shape index (κ3) is 2.79. The smallest absolute Gasteiger partial charge is 0.305 e. The van der Waals surface area contributed by atoms with E-state index in [-0.39, 0.29) is 18.4 Å². The molecule has 1 amide bonds. The zero-order chi connectivity index (χ0) is 12.3. The monoisotopic (exact) mass is 242 g/mol. The summed E-state index contributed by atoms with van der Waals surface area (Å²) in [6.07, 6.45) is -0.0641. The van der Waals surface area contributed by atoms with Crippen LogP contribution in [0.4, 0.5) is 0 Å². The molecule has 6 heteroatoms. The van der Waals surface area contributed by atoms with Crippen molar-refractivity contribution >= 4 is 23.2 Å². The van der Waals surface area contributed by atoms with Gasteiger partial charge in [-0.2, -0.15) is 0 Å². The molecule has 0 aliphatic carbocycles. The highest BCUT2D eigenvalue weighted by Crippen LogP contribution is 2.15. The van der Waals surface area contributed by atoms with Crippen LogP contribution >= 0.6 is 11.3 Å². The summed E-state index contributed by atoms with van der Waals surface area (Å²) in [6, 6.07) is -0.342. The summed E-state index contributed by atoms with van der Waals surface area (Å²) in [6.45, 7) is 3.52. The average Bonchev–Trinajstić information content (AvgIpc) is 2.61. The van der Waals surface area contributed by atoms with Gasteiger partial charge in [-0.3, -0.25) is 9.59 Å². The maximum absolute atomic E-state index is 11.9. The van der Waals surface area contributed by atoms with E-state index in [9.17, 15) is 9.59 Å². The third-order valence-corrected chi connectivity index (χ3v) is 3.16. The van der Waals surface area contributed by atoms with Crippen LogP contribution in [0.2, 0.25) is 0 Å². The molecule has 0 aliphatic rings. The number of aliphatic carboxylic acids is 1. The lowest BCUT2D eigenvalue weighted by Gasteiger charge is -2.22. The van der Waals surface area contributed by atoms with Crippen molar-refractivity contribution in [1.29, 1.82) is 0 Å². The molecule has 0 aliphatic heterocycles. The van der Waals surface area contributed by atoms with Crippen molar-refractivity contribution in [3.63, 3.8) is 0 Å². The second-order valence-electron chi connectivity index (χ2n) is 3.62. The van der Waals surface area contributed by atoms with Crippen molar-refractivity contribution in [3.8, 4) is 0 Å². The van der Waals surface area contributed by atoms with E-state index in [2.05, 4.69) is 4.98 Å². The van der Waals surface area contributed by atoms with Gasteiger partial charge >= 0.3 is 5.97 Å². The zero-order valence-corrected chi connectivity index (χ0v) is 10.2. The maximum atomic E-state index is 11.9. The van der Waals surface area contributed by atoms with Gasteiger partial charge in [0.2, 0.25) is 0 Å². The SMILES string of the molecule is Cc1scnc1C(=O)N(C)C(C)CC(=O)O. The minimum Gasteiger partial charge on any atom is -0.481 e. The summed E-state index contributed by atoms with van der Waals surface area (Å²) in [7, 11) is 1.59. The maximum Gasteiger partial charge on any atom is 0.305 e. The molecule has 1 aromatic rings. The largest absolute Gasteiger partial charge is 0.481 e. The quantitative estimate of drug-likeness (QED) is 0.866. The predicted molar refractivity (Wildman–Crippen MR) is 60.7 cm³/mol. The molecule has 1 heterocycles. The Kier molecular flexibility index (Phi) is 4.00. The average molecular weight is 242 g/mol. The molecule has 1 aromatic heterocycles. The van der Waals surface area contributed by atoms with Crippen LogP contribution in [0.25, 0.3) is 0 Å². The van der Waals surface area contributed by atoms with E-state index in [1.54, 1.807) is 19.5 Å². The number of hydrogen-bond donors (Lipinski definition) is 1. The highest BCUT2D eigenvalue weighted by Gasteiger charge is 2.22. The lowest BCUT2D eigenvalue weighted by atomic mass is 10.2. The summed E-state index contributed by atoms with van der Waals surface area (Å²) in [5, 5.41) is 8.65. The minimum atomic E-state index is -0.915. The van der Waals surface area contributed by atoms with Gasteiger partial charge in [-0.25, -0.2) is 4.98 Å². The van der Waals surface area contributed by atoms with E-state index in [1.165, 1.54) is 16.2 Å². The Labute approximate surface area is 97.7 Å². The Balaban J connectivity index is 2.75. The van der Waals surface area contributed by atoms with Gasteiger partial charge in [0.15, 0.2) is 0 Å². The van der Waals surface area contributed by atoms with Crippen LogP contribution in [0, 0.1) is 6.92 Å². The molecule has 0 saturated heterocycles. The first-order chi connectivity index (χ1) is 7.43. The van der Waals surface area contributed by atoms with Crippen molar-refractivity contribution in [2.75, 3.05) is 7.05 Å². The van der Waals surface area contributed by atoms with E-state index in [0.717, 1.165) is 4.88 Å². The van der Waals surface area contributed by atoms with Crippen molar-refractivity contribution in [2.45, 2.75) is 26.3 Å². The Morgan fingerprint density at radius 2 is 2.25 bits per heavy atom. The van der Waals surface area contributed by atoms with Crippen LogP contribution in [0.5, 0.6) is 0 Å². The van der Waals surface area contributed by atoms with Crippen LogP contribution in [0.1, 0.15) is 28.7 Å². The van der Waals surface area contributed by atoms with Gasteiger partial charge in [-0.15, -0.1) is 11.3 Å². The van der Waals surface area contributed by atoms with E-state index in [4.69, 9.17) is 5.11 Å². The second-order valence-corrected chi connectivity index (χ2v) is 4.68. The number of amides is 1. The molecule has 1 unspecified atom stereocenters. The number of rotatable bonds is 4. The molecule has 16 heavy (non-hydrogen) atoms. The summed E-state index contributed by atoms with van der Waals surface area (Å²) >= 11 is 1.40. The number of thiazole rings is 1. The number of carbonyl (C=O) groups is 2. The summed E-state index contributed by atoms with van der Waals surface area (Å²) in [4.78, 5) is 28.7. The van der Waals surface area contributed by atoms with Crippen LogP contribution in [-0.2, 0) is 4.79 Å². The van der Waals surface area contributed by atoms with Gasteiger partial charge in [0.05, 0.1) is 11.9 Å². The molecule has 88 valence electrons. The van der Waals surface area contributed by atoms with Crippen molar-refractivity contribution in [1.82, 2.24) is 9.88 Å². The van der Waals surface area contributed by atoms with Crippen molar-refractivity contribution in [2.24, 2.45) is 0 Å². The van der Waals surface area contributed by atoms with Gasteiger partial charge in [-0.05, 0) is 13.8 Å². The second kappa shape index (κ2) is 5.07. The van der Waals surface area contributed by atoms with Gasteiger partial charge in [0.1, 0.15) is 5.69 Å². The molecule has 0 spiro atoms. The molecular formula is C10H14N2O3S. The topological polar surface area (TPSA) is 70.5 Å². The summed E-state index contributed by atoms with van der Waals surface area (Å²) < 4.78 is 0. The number of aryl methyl sites for hydroxylation is 1. The first-order valence-electron chi connectivity index (χ1n) is 4.82. The number of carboxylic acid groups (broad SMARTS) is 1. The van der Waals surface area contributed by atoms with Crippen LogP contribution in [-0.4, -0.2) is 40.0 Å². The van der Waals surface area contributed by atoms with Gasteiger partial charge in [0, 0.05) is 18.0 Å². The van der Waals surface area contributed by atoms with Gasteiger partial charge in [0.25, 0.3) is 5.91 Å². The molecule has 1 atom stereocenters. The lowest BCUT2D eigenvalue weighted by Crippen LogP contribution is -2.36. The van der Waals surface area contributed by atoms with E-state index in [1.807, 2.05) is 6.92 Å². The van der Waals surface area contributed by atoms with Crippen LogP contribution in [0.15, 0.2) is 5.51 Å². The Hall–Kier alpha value is -1.43. The number of hydrogen-bond acceptors (Lipinski definition) is 4. The standard InChI is InChI=1S/C10H14N2O3S/c1-6(4-8(13)14)12(3)10(15)9-7(2)16-5-11-9/h5-6H,4H2,1-3H3,(H,13,14). The zero-order valence-electron chi connectivity index (χ0n) is 9.43. The third-order valence-electron chi connectivity index (χ3n) is 2.40. The molecule has 0 radical (unpaired) electrons. The highest BCUT2D eigenvalue weighted by atomic mass is 32.1. The number of aromatic nitrogens is 1. The highest BCUT2D eigenvalue weighted by molar-refractivity contribution is 7.09. The molecule has 1 N–H and O–H groups in total. The number of carbonyl (C=O) groups excluding carboxylic acids is 1.